The summed E-state index contributed by atoms with van der Waals surface area (Å²) >= 11 is 12.1. The third-order valence-electron chi connectivity index (χ3n) is 5.37. The predicted octanol–water partition coefficient (Wildman–Crippen LogP) is 4.32. The number of piperazine rings is 1. The zero-order valence-electron chi connectivity index (χ0n) is 16.1. The Morgan fingerprint density at radius 1 is 0.793 bits per heavy atom. The molecule has 0 amide bonds. The Bertz CT molecular complexity index is 913. The van der Waals surface area contributed by atoms with Crippen LogP contribution in [-0.4, -0.2) is 37.4 Å². The number of hydrogen-bond donors (Lipinski definition) is 1. The fourth-order valence-corrected chi connectivity index (χ4v) is 4.19. The summed E-state index contributed by atoms with van der Waals surface area (Å²) in [7, 11) is 0. The first-order chi connectivity index (χ1) is 14.2. The van der Waals surface area contributed by atoms with E-state index in [0.717, 1.165) is 31.7 Å². The quantitative estimate of drug-likeness (QED) is 0.604. The molecule has 29 heavy (non-hydrogen) atoms. The Morgan fingerprint density at radius 2 is 1.38 bits per heavy atom. The van der Waals surface area contributed by atoms with Crippen molar-refractivity contribution in [2.24, 2.45) is 5.10 Å². The van der Waals surface area contributed by atoms with E-state index in [1.54, 1.807) is 11.0 Å². The van der Waals surface area contributed by atoms with Crippen LogP contribution in [0.3, 0.4) is 0 Å². The van der Waals surface area contributed by atoms with Crippen LogP contribution in [0.2, 0.25) is 10.0 Å². The first-order valence-electron chi connectivity index (χ1n) is 9.89. The molecule has 3 aromatic rings. The van der Waals surface area contributed by atoms with Crippen LogP contribution in [0.15, 0.2) is 84.0 Å². The van der Waals surface area contributed by atoms with Gasteiger partial charge in [0, 0.05) is 11.1 Å². The molecule has 0 saturated carbocycles. The highest BCUT2D eigenvalue weighted by Gasteiger charge is 2.29. The lowest BCUT2D eigenvalue weighted by Gasteiger charge is -2.35. The van der Waals surface area contributed by atoms with E-state index in [2.05, 4.69) is 70.8 Å². The molecule has 1 N–H and O–H groups in total. The lowest BCUT2D eigenvalue weighted by Crippen LogP contribution is -3.15. The van der Waals surface area contributed by atoms with E-state index in [-0.39, 0.29) is 0 Å². The summed E-state index contributed by atoms with van der Waals surface area (Å²) in [6, 6.07) is 27.5. The van der Waals surface area contributed by atoms with Crippen molar-refractivity contribution in [3.05, 3.63) is 106 Å². The molecule has 1 heterocycles. The molecule has 0 radical (unpaired) electrons. The van der Waals surface area contributed by atoms with Crippen LogP contribution in [0, 0.1) is 0 Å². The molecule has 4 rings (SSSR count). The second-order valence-corrected chi connectivity index (χ2v) is 8.10. The van der Waals surface area contributed by atoms with Crippen LogP contribution in [0.4, 0.5) is 0 Å². The van der Waals surface area contributed by atoms with Gasteiger partial charge in [-0.2, -0.15) is 5.10 Å². The summed E-state index contributed by atoms with van der Waals surface area (Å²) in [6.07, 6.45) is 1.86. The summed E-state index contributed by atoms with van der Waals surface area (Å²) < 4.78 is 0. The Labute approximate surface area is 182 Å². The fraction of sp³-hybridized carbons (Fsp3) is 0.208. The molecule has 1 aliphatic heterocycles. The highest BCUT2D eigenvalue weighted by atomic mass is 35.5. The second kappa shape index (κ2) is 9.45. The normalized spacial score (nSPS) is 15.3. The minimum absolute atomic E-state index is 0.346. The van der Waals surface area contributed by atoms with Crippen LogP contribution >= 0.6 is 23.2 Å². The number of nitrogens with one attached hydrogen (secondary N) is 1. The molecule has 0 aromatic heterocycles. The number of hydrogen-bond acceptors (Lipinski definition) is 2. The SMILES string of the molecule is Clc1ccc(/C=N\N2CC[NH+](C(c3ccccc3)c3ccccc3)CC2)cc1Cl. The van der Waals surface area contributed by atoms with Gasteiger partial charge in [-0.1, -0.05) is 89.9 Å². The summed E-state index contributed by atoms with van der Waals surface area (Å²) in [4.78, 5) is 1.57. The molecule has 148 valence electrons. The summed E-state index contributed by atoms with van der Waals surface area (Å²) in [5, 5.41) is 7.91. The van der Waals surface area contributed by atoms with Gasteiger partial charge in [-0.3, -0.25) is 5.01 Å². The molecule has 1 fully saturated rings. The van der Waals surface area contributed by atoms with E-state index in [4.69, 9.17) is 23.2 Å². The van der Waals surface area contributed by atoms with Gasteiger partial charge in [0.05, 0.1) is 42.4 Å². The van der Waals surface area contributed by atoms with Gasteiger partial charge >= 0.3 is 0 Å². The third-order valence-corrected chi connectivity index (χ3v) is 6.11. The van der Waals surface area contributed by atoms with Crippen LogP contribution in [0.25, 0.3) is 0 Å². The molecular formula is C24H24Cl2N3+. The van der Waals surface area contributed by atoms with Crippen molar-refractivity contribution in [1.82, 2.24) is 5.01 Å². The van der Waals surface area contributed by atoms with Gasteiger partial charge in [-0.05, 0) is 17.7 Å². The van der Waals surface area contributed by atoms with Crippen molar-refractivity contribution in [3.8, 4) is 0 Å². The van der Waals surface area contributed by atoms with E-state index >= 15 is 0 Å². The lowest BCUT2D eigenvalue weighted by atomic mass is 9.96. The Balaban J connectivity index is 1.45. The smallest absolute Gasteiger partial charge is 0.139 e. The van der Waals surface area contributed by atoms with Gasteiger partial charge in [-0.15, -0.1) is 0 Å². The molecular weight excluding hydrogens is 401 g/mol. The third kappa shape index (κ3) is 4.99. The number of halogens is 2. The van der Waals surface area contributed by atoms with E-state index in [9.17, 15) is 0 Å². The molecule has 3 aromatic carbocycles. The molecule has 0 bridgehead atoms. The summed E-state index contributed by atoms with van der Waals surface area (Å²) in [5.74, 6) is 0. The molecule has 1 saturated heterocycles. The van der Waals surface area contributed by atoms with Crippen molar-refractivity contribution in [2.45, 2.75) is 6.04 Å². The van der Waals surface area contributed by atoms with Gasteiger partial charge in [0.15, 0.2) is 0 Å². The van der Waals surface area contributed by atoms with Crippen molar-refractivity contribution in [1.29, 1.82) is 0 Å². The average molecular weight is 425 g/mol. The lowest BCUT2D eigenvalue weighted by molar-refractivity contribution is -0.929. The highest BCUT2D eigenvalue weighted by Crippen LogP contribution is 2.22. The van der Waals surface area contributed by atoms with Crippen molar-refractivity contribution >= 4 is 29.4 Å². The zero-order valence-corrected chi connectivity index (χ0v) is 17.7. The molecule has 0 unspecified atom stereocenters. The number of nitrogens with zero attached hydrogens (tertiary/aromatic N) is 2. The Hall–Kier alpha value is -2.33. The van der Waals surface area contributed by atoms with Crippen LogP contribution in [-0.2, 0) is 0 Å². The van der Waals surface area contributed by atoms with Crippen LogP contribution in [0.5, 0.6) is 0 Å². The highest BCUT2D eigenvalue weighted by molar-refractivity contribution is 6.42. The maximum absolute atomic E-state index is 6.10. The maximum atomic E-state index is 6.10. The van der Waals surface area contributed by atoms with E-state index < -0.39 is 0 Å². The van der Waals surface area contributed by atoms with E-state index in [1.165, 1.54) is 11.1 Å². The predicted molar refractivity (Wildman–Crippen MR) is 121 cm³/mol. The molecule has 1 aliphatic rings. The summed E-state index contributed by atoms with van der Waals surface area (Å²) in [5.41, 5.74) is 3.68. The average Bonchev–Trinajstić information content (AvgIpc) is 2.77. The molecule has 3 nitrogen and oxygen atoms in total. The monoisotopic (exact) mass is 424 g/mol. The van der Waals surface area contributed by atoms with Crippen molar-refractivity contribution < 1.29 is 4.90 Å². The molecule has 0 spiro atoms. The Morgan fingerprint density at radius 3 is 1.93 bits per heavy atom. The minimum atomic E-state index is 0.346. The van der Waals surface area contributed by atoms with E-state index in [1.807, 2.05) is 18.3 Å². The van der Waals surface area contributed by atoms with E-state index in [0.29, 0.717) is 16.1 Å². The van der Waals surface area contributed by atoms with Gasteiger partial charge in [-0.25, -0.2) is 0 Å². The standard InChI is InChI=1S/C24H23Cl2N3/c25-22-12-11-19(17-23(22)26)18-27-29-15-13-28(14-16-29)24(20-7-3-1-4-8-20)21-9-5-2-6-10-21/h1-12,17-18,24H,13-16H2/p+1/b27-18-. The van der Waals surface area contributed by atoms with Crippen molar-refractivity contribution in [2.75, 3.05) is 26.2 Å². The fourth-order valence-electron chi connectivity index (χ4n) is 3.88. The first-order valence-corrected chi connectivity index (χ1v) is 10.6. The number of benzene rings is 3. The van der Waals surface area contributed by atoms with Crippen molar-refractivity contribution in [3.63, 3.8) is 0 Å². The molecule has 5 heteroatoms. The second-order valence-electron chi connectivity index (χ2n) is 7.28. The number of quaternary nitrogens is 1. The van der Waals surface area contributed by atoms with Gasteiger partial charge in [0.1, 0.15) is 6.04 Å². The largest absolute Gasteiger partial charge is 0.322 e. The summed E-state index contributed by atoms with van der Waals surface area (Å²) in [6.45, 7) is 3.91. The van der Waals surface area contributed by atoms with Gasteiger partial charge < -0.3 is 4.90 Å². The maximum Gasteiger partial charge on any atom is 0.139 e. The number of rotatable bonds is 5. The topological polar surface area (TPSA) is 20.0 Å². The molecule has 0 aliphatic carbocycles. The Kier molecular flexibility index (Phi) is 6.50. The van der Waals surface area contributed by atoms with Crippen LogP contribution < -0.4 is 4.90 Å². The first kappa shape index (κ1) is 20.0. The minimum Gasteiger partial charge on any atom is -0.322 e. The van der Waals surface area contributed by atoms with Gasteiger partial charge in [0.25, 0.3) is 0 Å². The molecule has 0 atom stereocenters. The van der Waals surface area contributed by atoms with Gasteiger partial charge in [0.2, 0.25) is 0 Å². The van der Waals surface area contributed by atoms with Crippen LogP contribution in [0.1, 0.15) is 22.7 Å². The number of hydrazone groups is 1. The zero-order chi connectivity index (χ0) is 20.1.